The van der Waals surface area contributed by atoms with Gasteiger partial charge in [0.05, 0.1) is 5.75 Å². The maximum absolute atomic E-state index is 12.2. The van der Waals surface area contributed by atoms with Crippen molar-refractivity contribution in [3.63, 3.8) is 0 Å². The summed E-state index contributed by atoms with van der Waals surface area (Å²) in [6.45, 7) is 7.34. The molecule has 1 amide bonds. The van der Waals surface area contributed by atoms with Gasteiger partial charge in [-0.15, -0.1) is 10.2 Å². The van der Waals surface area contributed by atoms with Gasteiger partial charge in [0.15, 0.2) is 10.1 Å². The van der Waals surface area contributed by atoms with Gasteiger partial charge in [-0.05, 0) is 30.7 Å². The molecule has 8 heteroatoms. The van der Waals surface area contributed by atoms with Crippen LogP contribution < -0.4 is 5.32 Å². The highest BCUT2D eigenvalue weighted by molar-refractivity contribution is 8.01. The van der Waals surface area contributed by atoms with Crippen LogP contribution in [0, 0.1) is 12.3 Å². The highest BCUT2D eigenvalue weighted by atomic mass is 35.5. The molecule has 0 saturated carbocycles. The van der Waals surface area contributed by atoms with Crippen LogP contribution in [0.1, 0.15) is 36.7 Å². The predicted molar refractivity (Wildman–Crippen MR) is 99.2 cm³/mol. The van der Waals surface area contributed by atoms with E-state index in [-0.39, 0.29) is 17.4 Å². The van der Waals surface area contributed by atoms with Gasteiger partial charge in [-0.3, -0.25) is 9.59 Å². The van der Waals surface area contributed by atoms with Crippen molar-refractivity contribution in [1.82, 2.24) is 10.2 Å². The van der Waals surface area contributed by atoms with Crippen LogP contribution in [0.15, 0.2) is 22.5 Å². The van der Waals surface area contributed by atoms with Crippen molar-refractivity contribution in [3.8, 4) is 0 Å². The molecule has 5 nitrogen and oxygen atoms in total. The minimum Gasteiger partial charge on any atom is -0.300 e. The fourth-order valence-electron chi connectivity index (χ4n) is 1.63. The van der Waals surface area contributed by atoms with E-state index in [9.17, 15) is 9.59 Å². The Bertz CT molecular complexity index is 769. The van der Waals surface area contributed by atoms with Gasteiger partial charge >= 0.3 is 0 Å². The Hall–Kier alpha value is -1.44. The van der Waals surface area contributed by atoms with E-state index in [1.165, 1.54) is 23.1 Å². The molecule has 128 valence electrons. The summed E-state index contributed by atoms with van der Waals surface area (Å²) in [6, 6.07) is 5.22. The Morgan fingerprint density at radius 2 is 2.00 bits per heavy atom. The van der Waals surface area contributed by atoms with E-state index in [2.05, 4.69) is 15.5 Å². The molecule has 0 aliphatic carbocycles. The standard InChI is InChI=1S/C16H18ClN3O2S2/c1-9-7-10(5-6-11(9)17)12(21)8-23-15-20-19-14(24-15)18-13(22)16(2,3)4/h5-7H,8H2,1-4H3,(H,18,19,22). The number of ketones is 1. The van der Waals surface area contributed by atoms with Crippen molar-refractivity contribution in [2.75, 3.05) is 11.1 Å². The number of carbonyl (C=O) groups excluding carboxylic acids is 2. The molecule has 2 aromatic rings. The number of benzene rings is 1. The number of amides is 1. The number of nitrogens with one attached hydrogen (secondary N) is 1. The lowest BCUT2D eigenvalue weighted by atomic mass is 9.96. The fourth-order valence-corrected chi connectivity index (χ4v) is 3.39. The van der Waals surface area contributed by atoms with Crippen LogP contribution in [0.4, 0.5) is 5.13 Å². The van der Waals surface area contributed by atoms with Gasteiger partial charge in [-0.25, -0.2) is 0 Å². The van der Waals surface area contributed by atoms with Crippen molar-refractivity contribution in [2.45, 2.75) is 32.0 Å². The monoisotopic (exact) mass is 383 g/mol. The van der Waals surface area contributed by atoms with Crippen LogP contribution in [-0.4, -0.2) is 27.6 Å². The zero-order valence-corrected chi connectivity index (χ0v) is 16.2. The van der Waals surface area contributed by atoms with Crippen LogP contribution in [-0.2, 0) is 4.79 Å². The molecule has 1 aromatic heterocycles. The molecule has 0 radical (unpaired) electrons. The number of thioether (sulfide) groups is 1. The Labute approximate surface area is 154 Å². The lowest BCUT2D eigenvalue weighted by Gasteiger charge is -2.15. The number of Topliss-reactive ketones (excluding diaryl/α,β-unsaturated/α-hetero) is 1. The van der Waals surface area contributed by atoms with Crippen molar-refractivity contribution >= 4 is 51.5 Å². The SMILES string of the molecule is Cc1cc(C(=O)CSc2nnc(NC(=O)C(C)(C)C)s2)ccc1Cl. The maximum Gasteiger partial charge on any atom is 0.231 e. The number of hydrogen-bond donors (Lipinski definition) is 1. The lowest BCUT2D eigenvalue weighted by Crippen LogP contribution is -2.27. The molecule has 0 spiro atoms. The second kappa shape index (κ2) is 7.63. The quantitative estimate of drug-likeness (QED) is 0.468. The van der Waals surface area contributed by atoms with Crippen LogP contribution >= 0.6 is 34.7 Å². The first kappa shape index (κ1) is 18.9. The number of rotatable bonds is 5. The number of nitrogens with zero attached hydrogens (tertiary/aromatic N) is 2. The van der Waals surface area contributed by atoms with E-state index >= 15 is 0 Å². The second-order valence-electron chi connectivity index (χ2n) is 6.25. The number of hydrogen-bond acceptors (Lipinski definition) is 6. The third kappa shape index (κ3) is 5.03. The summed E-state index contributed by atoms with van der Waals surface area (Å²) in [4.78, 5) is 24.1. The number of anilines is 1. The Morgan fingerprint density at radius 3 is 2.62 bits per heavy atom. The number of aryl methyl sites for hydroxylation is 1. The molecule has 0 saturated heterocycles. The smallest absolute Gasteiger partial charge is 0.231 e. The summed E-state index contributed by atoms with van der Waals surface area (Å²) in [5.41, 5.74) is 0.993. The van der Waals surface area contributed by atoms with Crippen molar-refractivity contribution < 1.29 is 9.59 Å². The van der Waals surface area contributed by atoms with Gasteiger partial charge in [0.25, 0.3) is 0 Å². The molecular weight excluding hydrogens is 366 g/mol. The van der Waals surface area contributed by atoms with Crippen LogP contribution in [0.3, 0.4) is 0 Å². The number of aromatic nitrogens is 2. The van der Waals surface area contributed by atoms with Crippen LogP contribution in [0.5, 0.6) is 0 Å². The van der Waals surface area contributed by atoms with E-state index in [1.807, 2.05) is 27.7 Å². The topological polar surface area (TPSA) is 72.0 Å². The molecule has 1 aromatic carbocycles. The van der Waals surface area contributed by atoms with Gasteiger partial charge in [0.2, 0.25) is 11.0 Å². The van der Waals surface area contributed by atoms with Crippen LogP contribution in [0.2, 0.25) is 5.02 Å². The summed E-state index contributed by atoms with van der Waals surface area (Å²) in [7, 11) is 0. The van der Waals surface area contributed by atoms with E-state index < -0.39 is 5.41 Å². The molecule has 1 N–H and O–H groups in total. The van der Waals surface area contributed by atoms with Gasteiger partial charge in [-0.2, -0.15) is 0 Å². The van der Waals surface area contributed by atoms with Crippen LogP contribution in [0.25, 0.3) is 0 Å². The molecule has 0 fully saturated rings. The Balaban J connectivity index is 1.94. The number of carbonyl (C=O) groups is 2. The zero-order valence-electron chi connectivity index (χ0n) is 13.8. The summed E-state index contributed by atoms with van der Waals surface area (Å²) in [6.07, 6.45) is 0. The summed E-state index contributed by atoms with van der Waals surface area (Å²) >= 11 is 8.52. The van der Waals surface area contributed by atoms with Crippen molar-refractivity contribution in [1.29, 1.82) is 0 Å². The molecule has 0 aliphatic rings. The number of halogens is 1. The van der Waals surface area contributed by atoms with Gasteiger partial charge in [0, 0.05) is 16.0 Å². The predicted octanol–water partition coefficient (Wildman–Crippen LogP) is 4.46. The fraction of sp³-hybridized carbons (Fsp3) is 0.375. The summed E-state index contributed by atoms with van der Waals surface area (Å²) in [5, 5.41) is 11.7. The normalized spacial score (nSPS) is 11.4. The first-order valence-electron chi connectivity index (χ1n) is 7.24. The highest BCUT2D eigenvalue weighted by Crippen LogP contribution is 2.28. The second-order valence-corrected chi connectivity index (χ2v) is 8.86. The first-order chi connectivity index (χ1) is 11.2. The maximum atomic E-state index is 12.2. The first-order valence-corrected chi connectivity index (χ1v) is 9.42. The summed E-state index contributed by atoms with van der Waals surface area (Å²) in [5.74, 6) is 0.126. The van der Waals surface area contributed by atoms with E-state index in [4.69, 9.17) is 11.6 Å². The van der Waals surface area contributed by atoms with Gasteiger partial charge < -0.3 is 5.32 Å². The molecule has 0 bridgehead atoms. The third-order valence-corrected chi connectivity index (χ3v) is 5.51. The minimum absolute atomic E-state index is 0.00440. The lowest BCUT2D eigenvalue weighted by molar-refractivity contribution is -0.123. The molecule has 0 unspecified atom stereocenters. The minimum atomic E-state index is -0.499. The summed E-state index contributed by atoms with van der Waals surface area (Å²) < 4.78 is 0.637. The average molecular weight is 384 g/mol. The zero-order chi connectivity index (χ0) is 17.9. The third-order valence-electron chi connectivity index (χ3n) is 3.11. The van der Waals surface area contributed by atoms with Gasteiger partial charge in [-0.1, -0.05) is 55.5 Å². The van der Waals surface area contributed by atoms with Crippen molar-refractivity contribution in [2.24, 2.45) is 5.41 Å². The molecular formula is C16H18ClN3O2S2. The molecule has 1 heterocycles. The van der Waals surface area contributed by atoms with Gasteiger partial charge in [0.1, 0.15) is 0 Å². The van der Waals surface area contributed by atoms with Crippen molar-refractivity contribution in [3.05, 3.63) is 34.3 Å². The Morgan fingerprint density at radius 1 is 1.29 bits per heavy atom. The Kier molecular flexibility index (Phi) is 6.01. The molecule has 0 atom stereocenters. The highest BCUT2D eigenvalue weighted by Gasteiger charge is 2.22. The van der Waals surface area contributed by atoms with E-state index in [1.54, 1.807) is 18.2 Å². The largest absolute Gasteiger partial charge is 0.300 e. The molecule has 0 aliphatic heterocycles. The average Bonchev–Trinajstić information content (AvgIpc) is 2.94. The molecule has 24 heavy (non-hydrogen) atoms. The van der Waals surface area contributed by atoms with E-state index in [0.29, 0.717) is 20.1 Å². The molecule has 2 rings (SSSR count). The van der Waals surface area contributed by atoms with E-state index in [0.717, 1.165) is 5.56 Å².